The Bertz CT molecular complexity index is 646. The molecule has 0 aliphatic rings. The smallest absolute Gasteiger partial charge is 0.397 e. The van der Waals surface area contributed by atoms with Crippen LogP contribution in [0.4, 0.5) is 13.2 Å². The quantitative estimate of drug-likeness (QED) is 0.433. The van der Waals surface area contributed by atoms with Crippen molar-refractivity contribution in [3.8, 4) is 0 Å². The van der Waals surface area contributed by atoms with Crippen molar-refractivity contribution in [1.82, 2.24) is 0 Å². The summed E-state index contributed by atoms with van der Waals surface area (Å²) in [4.78, 5) is 0. The number of hydrogen-bond donors (Lipinski definition) is 0. The predicted octanol–water partition coefficient (Wildman–Crippen LogP) is 6.87. The minimum absolute atomic E-state index is 0.0722. The highest BCUT2D eigenvalue weighted by Crippen LogP contribution is 2.49. The normalized spacial score (nSPS) is 13.2. The summed E-state index contributed by atoms with van der Waals surface area (Å²) < 4.78 is 50.3. The van der Waals surface area contributed by atoms with E-state index in [1.165, 1.54) is 24.3 Å². The summed E-state index contributed by atoms with van der Waals surface area (Å²) in [6, 6.07) is 12.2. The summed E-state index contributed by atoms with van der Waals surface area (Å²) >= 11 is 6.54. The maximum atomic E-state index is 14.4. The molecule has 0 radical (unpaired) electrons. The second-order valence-electron chi connectivity index (χ2n) is 6.41. The molecule has 0 amide bonds. The minimum Gasteiger partial charge on any atom is -0.397 e. The molecular formula is C17H17Br2F3OSi. The predicted molar refractivity (Wildman–Crippen MR) is 99.6 cm³/mol. The van der Waals surface area contributed by atoms with E-state index in [-0.39, 0.29) is 11.1 Å². The Labute approximate surface area is 157 Å². The molecule has 2 aromatic rings. The van der Waals surface area contributed by atoms with Crippen molar-refractivity contribution in [1.29, 1.82) is 0 Å². The number of hydrogen-bond acceptors (Lipinski definition) is 1. The second-order valence-corrected chi connectivity index (χ2v) is 12.7. The molecule has 0 unspecified atom stereocenters. The summed E-state index contributed by atoms with van der Waals surface area (Å²) in [7, 11) is -2.54. The first-order valence-corrected chi connectivity index (χ1v) is 12.2. The Balaban J connectivity index is 2.78. The van der Waals surface area contributed by atoms with Crippen molar-refractivity contribution in [2.45, 2.75) is 31.4 Å². The van der Waals surface area contributed by atoms with Crippen molar-refractivity contribution in [3.63, 3.8) is 0 Å². The van der Waals surface area contributed by atoms with Gasteiger partial charge in [-0.05, 0) is 55.0 Å². The molecule has 0 aliphatic carbocycles. The van der Waals surface area contributed by atoms with Crippen LogP contribution in [0, 0.1) is 0 Å². The van der Waals surface area contributed by atoms with E-state index in [2.05, 4.69) is 31.9 Å². The zero-order chi connectivity index (χ0) is 18.2. The largest absolute Gasteiger partial charge is 0.425 e. The molecule has 0 aliphatic heterocycles. The van der Waals surface area contributed by atoms with Crippen LogP contribution in [0.2, 0.25) is 19.6 Å². The average Bonchev–Trinajstić information content (AvgIpc) is 2.44. The van der Waals surface area contributed by atoms with Crippen molar-refractivity contribution in [3.05, 3.63) is 68.6 Å². The third-order valence-electron chi connectivity index (χ3n) is 3.36. The minimum atomic E-state index is -4.60. The Morgan fingerprint density at radius 1 is 0.750 bits per heavy atom. The van der Waals surface area contributed by atoms with Gasteiger partial charge in [-0.2, -0.15) is 13.2 Å². The first-order valence-electron chi connectivity index (χ1n) is 7.25. The Hall–Kier alpha value is -0.633. The standard InChI is InChI=1S/C17H17Br2F3OSi/c1-24(2,3)23-16(17(20,21)22,12-4-8-14(18)9-5-12)13-6-10-15(19)11-7-13/h4-11H,1-3H3. The molecule has 130 valence electrons. The number of alkyl halides is 3. The number of halogens is 5. The third kappa shape index (κ3) is 4.12. The van der Waals surface area contributed by atoms with Crippen molar-refractivity contribution < 1.29 is 17.6 Å². The first kappa shape index (κ1) is 19.7. The van der Waals surface area contributed by atoms with E-state index in [0.29, 0.717) is 8.95 Å². The molecule has 0 fully saturated rings. The summed E-state index contributed by atoms with van der Waals surface area (Å²) in [5.74, 6) is 0. The van der Waals surface area contributed by atoms with Gasteiger partial charge in [-0.3, -0.25) is 0 Å². The highest BCUT2D eigenvalue weighted by atomic mass is 79.9. The fourth-order valence-electron chi connectivity index (χ4n) is 2.50. The molecule has 2 rings (SSSR count). The van der Waals surface area contributed by atoms with Crippen LogP contribution in [-0.2, 0) is 10.0 Å². The molecule has 0 atom stereocenters. The van der Waals surface area contributed by atoms with Crippen LogP contribution in [0.1, 0.15) is 11.1 Å². The van der Waals surface area contributed by atoms with Gasteiger partial charge in [-0.25, -0.2) is 0 Å². The molecule has 0 saturated carbocycles. The van der Waals surface area contributed by atoms with Gasteiger partial charge < -0.3 is 4.43 Å². The van der Waals surface area contributed by atoms with Gasteiger partial charge in [-0.1, -0.05) is 56.1 Å². The Morgan fingerprint density at radius 3 is 1.33 bits per heavy atom. The van der Waals surface area contributed by atoms with Crippen LogP contribution < -0.4 is 0 Å². The van der Waals surface area contributed by atoms with E-state index in [9.17, 15) is 13.2 Å². The van der Waals surface area contributed by atoms with Crippen molar-refractivity contribution >= 4 is 40.2 Å². The fourth-order valence-corrected chi connectivity index (χ4v) is 4.30. The molecule has 24 heavy (non-hydrogen) atoms. The van der Waals surface area contributed by atoms with Crippen LogP contribution in [0.5, 0.6) is 0 Å². The van der Waals surface area contributed by atoms with E-state index >= 15 is 0 Å². The van der Waals surface area contributed by atoms with Crippen LogP contribution in [0.15, 0.2) is 57.5 Å². The molecule has 0 spiro atoms. The molecule has 0 aromatic heterocycles. The van der Waals surface area contributed by atoms with Gasteiger partial charge in [0.2, 0.25) is 5.60 Å². The lowest BCUT2D eigenvalue weighted by Crippen LogP contribution is -2.51. The fraction of sp³-hybridized carbons (Fsp3) is 0.294. The summed E-state index contributed by atoms with van der Waals surface area (Å²) in [5.41, 5.74) is -2.34. The third-order valence-corrected chi connectivity index (χ3v) is 5.34. The van der Waals surface area contributed by atoms with E-state index in [1.807, 2.05) is 0 Å². The Kier molecular flexibility index (Phi) is 5.69. The van der Waals surface area contributed by atoms with Gasteiger partial charge in [0.15, 0.2) is 8.32 Å². The summed E-state index contributed by atoms with van der Waals surface area (Å²) in [6.07, 6.45) is -4.60. The zero-order valence-corrected chi connectivity index (χ0v) is 17.6. The molecule has 0 saturated heterocycles. The maximum Gasteiger partial charge on any atom is 0.425 e. The number of rotatable bonds is 4. The van der Waals surface area contributed by atoms with Gasteiger partial charge in [-0.15, -0.1) is 0 Å². The monoisotopic (exact) mass is 480 g/mol. The van der Waals surface area contributed by atoms with E-state index < -0.39 is 20.1 Å². The SMILES string of the molecule is C[Si](C)(C)OC(c1ccc(Br)cc1)(c1ccc(Br)cc1)C(F)(F)F. The summed E-state index contributed by atoms with van der Waals surface area (Å²) in [5, 5.41) is 0. The van der Waals surface area contributed by atoms with Crippen molar-refractivity contribution in [2.75, 3.05) is 0 Å². The molecule has 7 heteroatoms. The van der Waals surface area contributed by atoms with E-state index in [0.717, 1.165) is 0 Å². The zero-order valence-electron chi connectivity index (χ0n) is 13.4. The van der Waals surface area contributed by atoms with Gasteiger partial charge in [0, 0.05) is 8.95 Å². The highest BCUT2D eigenvalue weighted by Gasteiger charge is 2.60. The molecule has 2 aromatic carbocycles. The molecular weight excluding hydrogens is 465 g/mol. The average molecular weight is 482 g/mol. The van der Waals surface area contributed by atoms with Gasteiger partial charge in [0.05, 0.1) is 0 Å². The second kappa shape index (κ2) is 6.94. The molecule has 0 N–H and O–H groups in total. The van der Waals surface area contributed by atoms with E-state index in [4.69, 9.17) is 4.43 Å². The maximum absolute atomic E-state index is 14.4. The first-order chi connectivity index (χ1) is 11.0. The lowest BCUT2D eigenvalue weighted by molar-refractivity contribution is -0.240. The number of benzene rings is 2. The van der Waals surface area contributed by atoms with Gasteiger partial charge in [0.25, 0.3) is 0 Å². The van der Waals surface area contributed by atoms with Crippen LogP contribution in [0.25, 0.3) is 0 Å². The van der Waals surface area contributed by atoms with Gasteiger partial charge >= 0.3 is 6.18 Å². The van der Waals surface area contributed by atoms with Crippen LogP contribution in [0.3, 0.4) is 0 Å². The molecule has 1 nitrogen and oxygen atoms in total. The van der Waals surface area contributed by atoms with E-state index in [1.54, 1.807) is 43.9 Å². The van der Waals surface area contributed by atoms with Crippen LogP contribution >= 0.6 is 31.9 Å². The Morgan fingerprint density at radius 2 is 1.08 bits per heavy atom. The topological polar surface area (TPSA) is 9.23 Å². The highest BCUT2D eigenvalue weighted by molar-refractivity contribution is 9.10. The molecule has 0 bridgehead atoms. The lowest BCUT2D eigenvalue weighted by atomic mass is 9.86. The van der Waals surface area contributed by atoms with Crippen molar-refractivity contribution in [2.24, 2.45) is 0 Å². The summed E-state index contributed by atoms with van der Waals surface area (Å²) in [6.45, 7) is 5.27. The van der Waals surface area contributed by atoms with Crippen LogP contribution in [-0.4, -0.2) is 14.5 Å². The molecule has 0 heterocycles. The van der Waals surface area contributed by atoms with Gasteiger partial charge in [0.1, 0.15) is 0 Å². The lowest BCUT2D eigenvalue weighted by Gasteiger charge is -2.41.